The highest BCUT2D eigenvalue weighted by atomic mass is 31.1. The van der Waals surface area contributed by atoms with Crippen molar-refractivity contribution < 1.29 is 14.2 Å². The van der Waals surface area contributed by atoms with Gasteiger partial charge in [-0.3, -0.25) is 4.57 Å². The Bertz CT molecular complexity index is 517. The van der Waals surface area contributed by atoms with E-state index >= 15 is 0 Å². The van der Waals surface area contributed by atoms with Gasteiger partial charge < -0.3 is 9.63 Å². The highest BCUT2D eigenvalue weighted by Crippen LogP contribution is 2.23. The zero-order chi connectivity index (χ0) is 12.3. The van der Waals surface area contributed by atoms with Gasteiger partial charge in [-0.15, -0.1) is 0 Å². The van der Waals surface area contributed by atoms with E-state index in [1.807, 2.05) is 36.4 Å². The van der Waals surface area contributed by atoms with Crippen LogP contribution in [0.15, 0.2) is 48.5 Å². The highest BCUT2D eigenvalue weighted by molar-refractivity contribution is 7.47. The third-order valence-electron chi connectivity index (χ3n) is 2.56. The fourth-order valence-corrected chi connectivity index (χ4v) is 2.04. The van der Waals surface area contributed by atoms with Crippen molar-refractivity contribution in [2.75, 3.05) is 7.11 Å². The third kappa shape index (κ3) is 2.76. The van der Waals surface area contributed by atoms with Gasteiger partial charge in [0.1, 0.15) is 5.75 Å². The van der Waals surface area contributed by atoms with E-state index in [9.17, 15) is 4.57 Å². The molecule has 2 aromatic carbocycles. The largest absolute Gasteiger partial charge is 0.497 e. The van der Waals surface area contributed by atoms with Gasteiger partial charge in [0.25, 0.3) is 0 Å². The Balaban J connectivity index is 2.29. The number of hydrogen-bond donors (Lipinski definition) is 1. The molecule has 2 rings (SSSR count). The first-order chi connectivity index (χ1) is 8.20. The van der Waals surface area contributed by atoms with E-state index in [0.717, 1.165) is 16.9 Å². The Hall–Kier alpha value is -1.57. The quantitative estimate of drug-likeness (QED) is 0.849. The van der Waals surface area contributed by atoms with Gasteiger partial charge in [-0.1, -0.05) is 24.3 Å². The molecule has 0 saturated heterocycles. The number of rotatable bonds is 3. The van der Waals surface area contributed by atoms with Gasteiger partial charge in [-0.25, -0.2) is 0 Å². The molecule has 0 aliphatic rings. The fourth-order valence-electron chi connectivity index (χ4n) is 1.59. The van der Waals surface area contributed by atoms with E-state index in [1.54, 1.807) is 19.2 Å². The maximum absolute atomic E-state index is 10.9. The molecule has 2 aromatic rings. The van der Waals surface area contributed by atoms with Crippen LogP contribution in [0.25, 0.3) is 11.1 Å². The molecule has 88 valence electrons. The maximum atomic E-state index is 10.9. The van der Waals surface area contributed by atoms with Crippen molar-refractivity contribution in [2.24, 2.45) is 0 Å². The van der Waals surface area contributed by atoms with Crippen LogP contribution in [0, 0.1) is 0 Å². The summed E-state index contributed by atoms with van der Waals surface area (Å²) < 4.78 is 16.0. The number of benzene rings is 2. The molecule has 1 atom stereocenters. The van der Waals surface area contributed by atoms with E-state index in [2.05, 4.69) is 0 Å². The van der Waals surface area contributed by atoms with Crippen molar-refractivity contribution in [1.29, 1.82) is 0 Å². The predicted octanol–water partition coefficient (Wildman–Crippen LogP) is 2.45. The zero-order valence-corrected chi connectivity index (χ0v) is 10.4. The zero-order valence-electron chi connectivity index (χ0n) is 9.38. The van der Waals surface area contributed by atoms with Gasteiger partial charge in [0, 0.05) is 5.30 Å². The van der Waals surface area contributed by atoms with Gasteiger partial charge in [-0.05, 0) is 35.4 Å². The lowest BCUT2D eigenvalue weighted by molar-refractivity contribution is 0.415. The fraction of sp³-hybridized carbons (Fsp3) is 0.0769. The summed E-state index contributed by atoms with van der Waals surface area (Å²) in [6.07, 6.45) is 0. The molecule has 0 heterocycles. The van der Waals surface area contributed by atoms with Gasteiger partial charge in [-0.2, -0.15) is 0 Å². The monoisotopic (exact) mass is 248 g/mol. The summed E-state index contributed by atoms with van der Waals surface area (Å²) in [4.78, 5) is 8.98. The lowest BCUT2D eigenvalue weighted by Crippen LogP contribution is -1.94. The average molecular weight is 248 g/mol. The molecule has 1 N–H and O–H groups in total. The van der Waals surface area contributed by atoms with Crippen molar-refractivity contribution in [3.8, 4) is 16.9 Å². The molecule has 1 unspecified atom stereocenters. The second-order valence-electron chi connectivity index (χ2n) is 3.61. The Kier molecular flexibility index (Phi) is 3.62. The molecule has 0 aromatic heterocycles. The number of methoxy groups -OCH3 is 1. The van der Waals surface area contributed by atoms with Crippen molar-refractivity contribution in [1.82, 2.24) is 0 Å². The van der Waals surface area contributed by atoms with Crippen LogP contribution in [-0.4, -0.2) is 12.0 Å². The molecule has 0 aliphatic heterocycles. The van der Waals surface area contributed by atoms with E-state index < -0.39 is 8.03 Å². The Labute approximate surface area is 101 Å². The summed E-state index contributed by atoms with van der Waals surface area (Å²) in [6, 6.07) is 14.7. The Morgan fingerprint density at radius 2 is 1.41 bits per heavy atom. The molecule has 4 heteroatoms. The van der Waals surface area contributed by atoms with Crippen LogP contribution < -0.4 is 10.0 Å². The second-order valence-corrected chi connectivity index (χ2v) is 4.80. The third-order valence-corrected chi connectivity index (χ3v) is 3.38. The average Bonchev–Trinajstić information content (AvgIpc) is 2.39. The standard InChI is InChI=1S/C13H13O3P/c1-16-12-6-2-10(3-7-12)11-4-8-13(9-5-11)17(14)15/h2-9,17H,1H3,(H,14,15). The lowest BCUT2D eigenvalue weighted by atomic mass is 10.1. The van der Waals surface area contributed by atoms with E-state index in [0.29, 0.717) is 5.30 Å². The molecular formula is C13H13O3P. The lowest BCUT2D eigenvalue weighted by Gasteiger charge is -2.04. The van der Waals surface area contributed by atoms with Gasteiger partial charge in [0.2, 0.25) is 8.03 Å². The molecule has 0 radical (unpaired) electrons. The summed E-state index contributed by atoms with van der Waals surface area (Å²) in [7, 11) is -0.963. The molecule has 0 saturated carbocycles. The van der Waals surface area contributed by atoms with Crippen LogP contribution in [0.3, 0.4) is 0 Å². The molecule has 0 spiro atoms. The number of ether oxygens (including phenoxy) is 1. The second kappa shape index (κ2) is 5.17. The molecular weight excluding hydrogens is 235 g/mol. The highest BCUT2D eigenvalue weighted by Gasteiger charge is 2.01. The molecule has 0 bridgehead atoms. The van der Waals surface area contributed by atoms with Crippen molar-refractivity contribution in [3.63, 3.8) is 0 Å². The first-order valence-corrected chi connectivity index (χ1v) is 6.54. The normalized spacial score (nSPS) is 12.1. The van der Waals surface area contributed by atoms with Gasteiger partial charge in [0.15, 0.2) is 0 Å². The van der Waals surface area contributed by atoms with E-state index in [4.69, 9.17) is 9.63 Å². The van der Waals surface area contributed by atoms with Crippen LogP contribution >= 0.6 is 8.03 Å². The van der Waals surface area contributed by atoms with Crippen molar-refractivity contribution in [3.05, 3.63) is 48.5 Å². The smallest absolute Gasteiger partial charge is 0.218 e. The van der Waals surface area contributed by atoms with Crippen LogP contribution in [0.5, 0.6) is 5.75 Å². The van der Waals surface area contributed by atoms with E-state index in [1.165, 1.54) is 0 Å². The molecule has 0 fully saturated rings. The summed E-state index contributed by atoms with van der Waals surface area (Å²) in [5.41, 5.74) is 2.06. The van der Waals surface area contributed by atoms with Crippen LogP contribution in [0.4, 0.5) is 0 Å². The van der Waals surface area contributed by atoms with Crippen LogP contribution in [0.2, 0.25) is 0 Å². The number of hydrogen-bond acceptors (Lipinski definition) is 2. The van der Waals surface area contributed by atoms with Crippen molar-refractivity contribution >= 4 is 13.3 Å². The maximum Gasteiger partial charge on any atom is 0.218 e. The molecule has 0 amide bonds. The Morgan fingerprint density at radius 3 is 1.82 bits per heavy atom. The minimum Gasteiger partial charge on any atom is -0.497 e. The SMILES string of the molecule is COc1ccc(-c2ccc([PH](=O)O)cc2)cc1. The topological polar surface area (TPSA) is 46.5 Å². The minimum absolute atomic E-state index is 0.479. The summed E-state index contributed by atoms with van der Waals surface area (Å²) in [5.74, 6) is 0.811. The molecule has 3 nitrogen and oxygen atoms in total. The van der Waals surface area contributed by atoms with Crippen LogP contribution in [0.1, 0.15) is 0 Å². The summed E-state index contributed by atoms with van der Waals surface area (Å²) in [5, 5.41) is 0.479. The predicted molar refractivity (Wildman–Crippen MR) is 69.3 cm³/mol. The summed E-state index contributed by atoms with van der Waals surface area (Å²) in [6.45, 7) is 0. The van der Waals surface area contributed by atoms with Gasteiger partial charge >= 0.3 is 0 Å². The van der Waals surface area contributed by atoms with E-state index in [-0.39, 0.29) is 0 Å². The Morgan fingerprint density at radius 1 is 0.941 bits per heavy atom. The minimum atomic E-state index is -2.59. The first kappa shape index (κ1) is 11.9. The van der Waals surface area contributed by atoms with Crippen molar-refractivity contribution in [2.45, 2.75) is 0 Å². The first-order valence-electron chi connectivity index (χ1n) is 5.18. The molecule has 0 aliphatic carbocycles. The van der Waals surface area contributed by atoms with Crippen LogP contribution in [-0.2, 0) is 4.57 Å². The summed E-state index contributed by atoms with van der Waals surface area (Å²) >= 11 is 0. The molecule has 17 heavy (non-hydrogen) atoms. The van der Waals surface area contributed by atoms with Gasteiger partial charge in [0.05, 0.1) is 7.11 Å².